The fourth-order valence-corrected chi connectivity index (χ4v) is 8.47. The zero-order chi connectivity index (χ0) is 37.3. The van der Waals surface area contributed by atoms with E-state index in [1.807, 2.05) is 18.3 Å². The topological polar surface area (TPSA) is 33.5 Å². The van der Waals surface area contributed by atoms with Crippen molar-refractivity contribution in [3.8, 4) is 11.5 Å². The first kappa shape index (κ1) is 37.5. The fourth-order valence-electron chi connectivity index (χ4n) is 8.47. The zero-order valence-electron chi connectivity index (χ0n) is 32.8. The van der Waals surface area contributed by atoms with E-state index >= 15 is 0 Å². The molecule has 7 heteroatoms. The number of benzene rings is 5. The molecular weight excluding hydrogens is 842 g/mol. The Bertz CT molecular complexity index is 2460. The summed E-state index contributed by atoms with van der Waals surface area (Å²) < 4.78 is 9.21. The van der Waals surface area contributed by atoms with Crippen molar-refractivity contribution < 1.29 is 25.8 Å². The minimum Gasteiger partial charge on any atom is -0.504 e. The van der Waals surface area contributed by atoms with Crippen molar-refractivity contribution in [3.05, 3.63) is 149 Å². The van der Waals surface area contributed by atoms with Crippen LogP contribution in [0.4, 0.5) is 17.1 Å². The smallest absolute Gasteiger partial charge is 0.319 e. The summed E-state index contributed by atoms with van der Waals surface area (Å²) in [5.74, 6) is 1.27. The van der Waals surface area contributed by atoms with Crippen LogP contribution in [0.5, 0.6) is 11.5 Å². The quantitative estimate of drug-likeness (QED) is 0.123. The van der Waals surface area contributed by atoms with Crippen LogP contribution in [0.1, 0.15) is 59.7 Å². The van der Waals surface area contributed by atoms with Crippen LogP contribution in [-0.2, 0) is 26.5 Å². The number of aryl methyl sites for hydroxylation is 6. The first-order chi connectivity index (χ1) is 25.3. The molecular formula is C47H46BN4OPt-3. The summed E-state index contributed by atoms with van der Waals surface area (Å²) >= 11 is 0. The molecule has 2 aromatic heterocycles. The minimum atomic E-state index is -0.106. The van der Waals surface area contributed by atoms with Gasteiger partial charge < -0.3 is 24.0 Å². The fraction of sp³-hybridized carbons (Fsp3) is 0.234. The number of aromatic nitrogens is 2. The van der Waals surface area contributed by atoms with Gasteiger partial charge in [-0.25, -0.2) is 0 Å². The van der Waals surface area contributed by atoms with Crippen LogP contribution < -0.4 is 25.5 Å². The molecule has 0 spiro atoms. The molecule has 276 valence electrons. The van der Waals surface area contributed by atoms with Crippen molar-refractivity contribution in [1.29, 1.82) is 0 Å². The van der Waals surface area contributed by atoms with E-state index in [2.05, 4.69) is 175 Å². The summed E-state index contributed by atoms with van der Waals surface area (Å²) in [7, 11) is 2.08. The number of ether oxygens (including phenoxy) is 1. The maximum absolute atomic E-state index is 6.73. The van der Waals surface area contributed by atoms with Gasteiger partial charge in [-0.15, -0.1) is 35.5 Å². The molecule has 5 aromatic carbocycles. The number of fused-ring (bicyclic) bond motifs is 4. The maximum Gasteiger partial charge on any atom is 0.319 e. The third kappa shape index (κ3) is 6.53. The molecule has 0 unspecified atom stereocenters. The van der Waals surface area contributed by atoms with Crippen molar-refractivity contribution in [2.24, 2.45) is 0 Å². The number of anilines is 3. The van der Waals surface area contributed by atoms with Gasteiger partial charge in [-0.2, -0.15) is 6.67 Å². The van der Waals surface area contributed by atoms with Gasteiger partial charge in [0, 0.05) is 61.2 Å². The molecule has 0 aliphatic carbocycles. The Kier molecular flexibility index (Phi) is 9.81. The van der Waals surface area contributed by atoms with Gasteiger partial charge in [-0.05, 0) is 89.2 Å². The van der Waals surface area contributed by atoms with Gasteiger partial charge in [0.25, 0.3) is 0 Å². The van der Waals surface area contributed by atoms with E-state index in [1.165, 1.54) is 44.3 Å². The Hall–Kier alpha value is -4.80. The average Bonchev–Trinajstić information content (AvgIpc) is 3.60. The number of hydrogen-bond acceptors (Lipinski definition) is 4. The first-order valence-corrected chi connectivity index (χ1v) is 18.5. The van der Waals surface area contributed by atoms with Crippen LogP contribution in [0.3, 0.4) is 0 Å². The summed E-state index contributed by atoms with van der Waals surface area (Å²) in [4.78, 5) is 9.31. The predicted molar refractivity (Wildman–Crippen MR) is 223 cm³/mol. The molecule has 0 radical (unpaired) electrons. The third-order valence-corrected chi connectivity index (χ3v) is 10.7. The van der Waals surface area contributed by atoms with E-state index < -0.39 is 0 Å². The van der Waals surface area contributed by atoms with Crippen LogP contribution in [0.25, 0.3) is 21.9 Å². The number of pyridine rings is 1. The summed E-state index contributed by atoms with van der Waals surface area (Å²) in [5.41, 5.74) is 17.6. The molecule has 0 atom stereocenters. The van der Waals surface area contributed by atoms with Crippen LogP contribution in [0.2, 0.25) is 0 Å². The van der Waals surface area contributed by atoms with Crippen LogP contribution in [0.15, 0.2) is 91.1 Å². The molecule has 0 saturated heterocycles. The monoisotopic (exact) mass is 888 g/mol. The van der Waals surface area contributed by atoms with E-state index in [9.17, 15) is 0 Å². The molecule has 1 aliphatic rings. The van der Waals surface area contributed by atoms with Gasteiger partial charge in [-0.3, -0.25) is 0 Å². The maximum atomic E-state index is 6.73. The molecule has 8 rings (SSSR count). The van der Waals surface area contributed by atoms with E-state index in [-0.39, 0.29) is 33.3 Å². The molecule has 5 nitrogen and oxygen atoms in total. The summed E-state index contributed by atoms with van der Waals surface area (Å²) in [5, 5.41) is 0.934. The zero-order valence-corrected chi connectivity index (χ0v) is 35.1. The van der Waals surface area contributed by atoms with Crippen molar-refractivity contribution in [3.63, 3.8) is 0 Å². The summed E-state index contributed by atoms with van der Waals surface area (Å²) in [6, 6.07) is 37.7. The van der Waals surface area contributed by atoms with Crippen molar-refractivity contribution in [1.82, 2.24) is 9.46 Å². The van der Waals surface area contributed by atoms with Crippen LogP contribution in [0, 0.1) is 60.3 Å². The van der Waals surface area contributed by atoms with Crippen molar-refractivity contribution in [2.45, 2.75) is 67.7 Å². The Balaban J connectivity index is 0.00000450. The second-order valence-electron chi connectivity index (χ2n) is 15.9. The largest absolute Gasteiger partial charge is 0.504 e. The van der Waals surface area contributed by atoms with Gasteiger partial charge >= 0.3 is 6.85 Å². The number of para-hydroxylation sites is 2. The molecule has 0 saturated carbocycles. The van der Waals surface area contributed by atoms with Crippen molar-refractivity contribution >= 4 is 56.8 Å². The van der Waals surface area contributed by atoms with E-state index in [4.69, 9.17) is 9.72 Å². The Morgan fingerprint density at radius 1 is 0.685 bits per heavy atom. The Labute approximate surface area is 335 Å². The molecule has 7 aromatic rings. The average molecular weight is 889 g/mol. The molecule has 0 bridgehead atoms. The Morgan fingerprint density at radius 2 is 1.30 bits per heavy atom. The minimum absolute atomic E-state index is 0. The molecule has 3 heterocycles. The van der Waals surface area contributed by atoms with E-state index in [0.29, 0.717) is 11.5 Å². The Morgan fingerprint density at radius 3 is 1.91 bits per heavy atom. The third-order valence-electron chi connectivity index (χ3n) is 10.7. The number of hydrogen-bond donors (Lipinski definition) is 0. The van der Waals surface area contributed by atoms with Gasteiger partial charge in [0.2, 0.25) is 0 Å². The SMILES string of the molecule is Cc1cc(C)c(B(c2c(C)cc(C)cc2C)n2c3ccc(Oc4[c-]c(N5[CH-]N(C)c6ccccc65)cc(C(C)(C)C)c4)[c-]c3c3ncccc32)c(C)c1.[Pt]. The standard InChI is InChI=1S/C47H46BN4O.Pt/c1-29-20-31(3)44(32(4)21-29)48(45-33(5)22-30(2)23-34(45)6)52-40-18-17-37(27-39(40)46-43(52)16-13-19-49-46)53-38-25-35(47(7,8)9)24-36(26-38)51-28-50(10)41-14-11-12-15-42(41)51;/h11-25,28H,1-10H3;/q-3;. The van der Waals surface area contributed by atoms with Crippen molar-refractivity contribution in [2.75, 3.05) is 16.8 Å². The predicted octanol–water partition coefficient (Wildman–Crippen LogP) is 10.1. The van der Waals surface area contributed by atoms with Gasteiger partial charge in [0.15, 0.2) is 0 Å². The molecule has 54 heavy (non-hydrogen) atoms. The van der Waals surface area contributed by atoms with E-state index in [0.717, 1.165) is 44.6 Å². The van der Waals surface area contributed by atoms with Crippen LogP contribution in [-0.4, -0.2) is 23.4 Å². The molecule has 0 amide bonds. The van der Waals surface area contributed by atoms with E-state index in [1.54, 1.807) is 0 Å². The molecule has 0 fully saturated rings. The second kappa shape index (κ2) is 14.1. The summed E-state index contributed by atoms with van der Waals surface area (Å²) in [6.07, 6.45) is 1.88. The number of nitrogens with zero attached hydrogens (tertiary/aromatic N) is 4. The number of rotatable bonds is 6. The molecule has 0 N–H and O–H groups in total. The van der Waals surface area contributed by atoms with Gasteiger partial charge in [0.1, 0.15) is 0 Å². The normalized spacial score (nSPS) is 12.7. The summed E-state index contributed by atoms with van der Waals surface area (Å²) in [6.45, 7) is 22.1. The van der Waals surface area contributed by atoms with Gasteiger partial charge in [0.05, 0.1) is 0 Å². The molecule has 1 aliphatic heterocycles. The first-order valence-electron chi connectivity index (χ1n) is 18.5. The van der Waals surface area contributed by atoms with Crippen LogP contribution >= 0.6 is 0 Å². The second-order valence-corrected chi connectivity index (χ2v) is 15.9. The van der Waals surface area contributed by atoms with Gasteiger partial charge in [-0.1, -0.05) is 114 Å².